The van der Waals surface area contributed by atoms with Crippen molar-refractivity contribution in [2.24, 2.45) is 11.3 Å². The molecule has 1 aliphatic heterocycles. The van der Waals surface area contributed by atoms with Gasteiger partial charge in [-0.3, -0.25) is 14.5 Å². The van der Waals surface area contributed by atoms with E-state index in [1.54, 1.807) is 0 Å². The Bertz CT molecular complexity index is 301. The number of piperidine rings is 1. The zero-order chi connectivity index (χ0) is 12.5. The van der Waals surface area contributed by atoms with E-state index in [0.717, 1.165) is 25.7 Å². The molecule has 2 amide bonds. The van der Waals surface area contributed by atoms with Crippen LogP contribution in [0.5, 0.6) is 0 Å². The SMILES string of the molecule is CC(CO)CN1C(=O)CC2(CCCC2)CC1=O. The summed E-state index contributed by atoms with van der Waals surface area (Å²) >= 11 is 0. The Kier molecular flexibility index (Phi) is 3.52. The van der Waals surface area contributed by atoms with Gasteiger partial charge in [-0.15, -0.1) is 0 Å². The third-order valence-corrected chi connectivity index (χ3v) is 4.12. The van der Waals surface area contributed by atoms with Gasteiger partial charge in [0.15, 0.2) is 0 Å². The predicted octanol–water partition coefficient (Wildman–Crippen LogP) is 1.32. The molecule has 2 aliphatic rings. The summed E-state index contributed by atoms with van der Waals surface area (Å²) in [6.07, 6.45) is 5.39. The summed E-state index contributed by atoms with van der Waals surface area (Å²) in [4.78, 5) is 25.4. The van der Waals surface area contributed by atoms with Gasteiger partial charge >= 0.3 is 0 Å². The van der Waals surface area contributed by atoms with Gasteiger partial charge in [0.25, 0.3) is 0 Å². The van der Waals surface area contributed by atoms with Crippen LogP contribution in [-0.4, -0.2) is 35.0 Å². The van der Waals surface area contributed by atoms with E-state index in [0.29, 0.717) is 19.4 Å². The third-order valence-electron chi connectivity index (χ3n) is 4.12. The zero-order valence-electron chi connectivity index (χ0n) is 10.4. The number of likely N-dealkylation sites (tertiary alicyclic amines) is 1. The number of rotatable bonds is 3. The summed E-state index contributed by atoms with van der Waals surface area (Å²) in [6.45, 7) is 2.23. The van der Waals surface area contributed by atoms with Crippen LogP contribution in [0.3, 0.4) is 0 Å². The number of nitrogens with zero attached hydrogens (tertiary/aromatic N) is 1. The largest absolute Gasteiger partial charge is 0.396 e. The van der Waals surface area contributed by atoms with Gasteiger partial charge in [-0.25, -0.2) is 0 Å². The van der Waals surface area contributed by atoms with E-state index >= 15 is 0 Å². The molecular formula is C13H21NO3. The van der Waals surface area contributed by atoms with Gasteiger partial charge in [0, 0.05) is 26.0 Å². The van der Waals surface area contributed by atoms with Crippen LogP contribution in [0.25, 0.3) is 0 Å². The van der Waals surface area contributed by atoms with Crippen molar-refractivity contribution in [3.8, 4) is 0 Å². The molecule has 2 rings (SSSR count). The van der Waals surface area contributed by atoms with Crippen LogP contribution in [-0.2, 0) is 9.59 Å². The van der Waals surface area contributed by atoms with Crippen molar-refractivity contribution >= 4 is 11.8 Å². The molecule has 4 nitrogen and oxygen atoms in total. The molecular weight excluding hydrogens is 218 g/mol. The maximum absolute atomic E-state index is 12.0. The molecule has 0 aromatic heterocycles. The molecule has 0 bridgehead atoms. The normalized spacial score (nSPS) is 25.6. The van der Waals surface area contributed by atoms with Crippen LogP contribution >= 0.6 is 0 Å². The average Bonchev–Trinajstić information content (AvgIpc) is 2.71. The Hall–Kier alpha value is -0.900. The molecule has 1 saturated heterocycles. The lowest BCUT2D eigenvalue weighted by Gasteiger charge is -2.38. The molecule has 0 aromatic carbocycles. The van der Waals surface area contributed by atoms with E-state index in [2.05, 4.69) is 0 Å². The second-order valence-electron chi connectivity index (χ2n) is 5.75. The quantitative estimate of drug-likeness (QED) is 0.756. The predicted molar refractivity (Wildman–Crippen MR) is 63.1 cm³/mol. The van der Waals surface area contributed by atoms with E-state index < -0.39 is 0 Å². The minimum absolute atomic E-state index is 0.0161. The summed E-state index contributed by atoms with van der Waals surface area (Å²) in [5.74, 6) is -0.104. The molecule has 1 N–H and O–H groups in total. The van der Waals surface area contributed by atoms with E-state index in [1.165, 1.54) is 4.90 Å². The number of amides is 2. The number of imide groups is 1. The summed E-state index contributed by atoms with van der Waals surface area (Å²) in [5, 5.41) is 8.99. The molecule has 2 fully saturated rings. The number of aliphatic hydroxyl groups is 1. The van der Waals surface area contributed by atoms with E-state index in [4.69, 9.17) is 5.11 Å². The molecule has 0 aromatic rings. The maximum Gasteiger partial charge on any atom is 0.229 e. The number of hydrogen-bond donors (Lipinski definition) is 1. The lowest BCUT2D eigenvalue weighted by atomic mass is 9.76. The van der Waals surface area contributed by atoms with Gasteiger partial charge in [0.2, 0.25) is 11.8 Å². The monoisotopic (exact) mass is 239 g/mol. The lowest BCUT2D eigenvalue weighted by molar-refractivity contribution is -0.154. The second kappa shape index (κ2) is 4.77. The maximum atomic E-state index is 12.0. The molecule has 96 valence electrons. The van der Waals surface area contributed by atoms with Crippen molar-refractivity contribution in [3.63, 3.8) is 0 Å². The molecule has 0 radical (unpaired) electrons. The van der Waals surface area contributed by atoms with Crippen molar-refractivity contribution in [1.82, 2.24) is 4.90 Å². The van der Waals surface area contributed by atoms with Gasteiger partial charge in [-0.2, -0.15) is 0 Å². The highest BCUT2D eigenvalue weighted by Gasteiger charge is 2.45. The van der Waals surface area contributed by atoms with Gasteiger partial charge in [-0.05, 0) is 24.2 Å². The van der Waals surface area contributed by atoms with Crippen LogP contribution in [0.15, 0.2) is 0 Å². The topological polar surface area (TPSA) is 57.6 Å². The molecule has 1 saturated carbocycles. The van der Waals surface area contributed by atoms with E-state index in [-0.39, 0.29) is 29.8 Å². The highest BCUT2D eigenvalue weighted by atomic mass is 16.3. The molecule has 1 spiro atoms. The van der Waals surface area contributed by atoms with E-state index in [1.807, 2.05) is 6.92 Å². The third kappa shape index (κ3) is 2.51. The molecule has 1 atom stereocenters. The van der Waals surface area contributed by atoms with Gasteiger partial charge < -0.3 is 5.11 Å². The Balaban J connectivity index is 2.03. The molecule has 1 heterocycles. The average molecular weight is 239 g/mol. The fourth-order valence-corrected chi connectivity index (χ4v) is 3.09. The second-order valence-corrected chi connectivity index (χ2v) is 5.75. The smallest absolute Gasteiger partial charge is 0.229 e. The summed E-state index contributed by atoms with van der Waals surface area (Å²) < 4.78 is 0. The van der Waals surface area contributed by atoms with Gasteiger partial charge in [-0.1, -0.05) is 19.8 Å². The van der Waals surface area contributed by atoms with Crippen molar-refractivity contribution in [1.29, 1.82) is 0 Å². The first-order valence-electron chi connectivity index (χ1n) is 6.50. The Morgan fingerprint density at radius 2 is 1.76 bits per heavy atom. The van der Waals surface area contributed by atoms with Gasteiger partial charge in [0.1, 0.15) is 0 Å². The zero-order valence-corrected chi connectivity index (χ0v) is 10.4. The first-order chi connectivity index (χ1) is 8.06. The summed E-state index contributed by atoms with van der Waals surface area (Å²) in [5.41, 5.74) is -0.0207. The number of aliphatic hydroxyl groups excluding tert-OH is 1. The van der Waals surface area contributed by atoms with Crippen molar-refractivity contribution in [2.75, 3.05) is 13.2 Å². The first-order valence-corrected chi connectivity index (χ1v) is 6.50. The van der Waals surface area contributed by atoms with Gasteiger partial charge in [0.05, 0.1) is 0 Å². The fraction of sp³-hybridized carbons (Fsp3) is 0.846. The van der Waals surface area contributed by atoms with Crippen LogP contribution < -0.4 is 0 Å². The molecule has 1 aliphatic carbocycles. The molecule has 1 unspecified atom stereocenters. The standard InChI is InChI=1S/C13H21NO3/c1-10(9-15)8-14-11(16)6-13(7-12(14)17)4-2-3-5-13/h10,15H,2-9H2,1H3. The Morgan fingerprint density at radius 1 is 1.24 bits per heavy atom. The molecule has 4 heteroatoms. The summed E-state index contributed by atoms with van der Waals surface area (Å²) in [6, 6.07) is 0. The minimum atomic E-state index is -0.0385. The van der Waals surface area contributed by atoms with Crippen molar-refractivity contribution in [3.05, 3.63) is 0 Å². The molecule has 17 heavy (non-hydrogen) atoms. The highest BCUT2D eigenvalue weighted by Crippen LogP contribution is 2.46. The highest BCUT2D eigenvalue weighted by molar-refractivity contribution is 5.98. The number of hydrogen-bond acceptors (Lipinski definition) is 3. The summed E-state index contributed by atoms with van der Waals surface area (Å²) in [7, 11) is 0. The fourth-order valence-electron chi connectivity index (χ4n) is 3.09. The Morgan fingerprint density at radius 3 is 2.24 bits per heavy atom. The van der Waals surface area contributed by atoms with Crippen LogP contribution in [0.2, 0.25) is 0 Å². The van der Waals surface area contributed by atoms with Crippen LogP contribution in [0.1, 0.15) is 45.4 Å². The van der Waals surface area contributed by atoms with E-state index in [9.17, 15) is 9.59 Å². The number of carbonyl (C=O) groups excluding carboxylic acids is 2. The minimum Gasteiger partial charge on any atom is -0.396 e. The lowest BCUT2D eigenvalue weighted by Crippen LogP contribution is -2.48. The van der Waals surface area contributed by atoms with Crippen molar-refractivity contribution in [2.45, 2.75) is 45.4 Å². The first kappa shape index (κ1) is 12.6. The van der Waals surface area contributed by atoms with Crippen LogP contribution in [0, 0.1) is 11.3 Å². The van der Waals surface area contributed by atoms with Crippen LogP contribution in [0.4, 0.5) is 0 Å². The van der Waals surface area contributed by atoms with Crippen molar-refractivity contribution < 1.29 is 14.7 Å². The number of carbonyl (C=O) groups is 2. The Labute approximate surface area is 102 Å².